The van der Waals surface area contributed by atoms with Crippen LogP contribution in [0.15, 0.2) is 55.1 Å². The summed E-state index contributed by atoms with van der Waals surface area (Å²) in [5.41, 5.74) is 2.08. The van der Waals surface area contributed by atoms with Gasteiger partial charge in [0, 0.05) is 16.7 Å². The molecule has 104 valence electrons. The zero-order valence-corrected chi connectivity index (χ0v) is 12.2. The Labute approximate surface area is 124 Å². The smallest absolute Gasteiger partial charge is 0.165 e. The number of rotatable bonds is 6. The monoisotopic (exact) mass is 288 g/mol. The predicted octanol–water partition coefficient (Wildman–Crippen LogP) is 4.66. The van der Waals surface area contributed by atoms with E-state index < -0.39 is 0 Å². The van der Waals surface area contributed by atoms with E-state index in [4.69, 9.17) is 21.1 Å². The van der Waals surface area contributed by atoms with E-state index in [0.717, 1.165) is 16.9 Å². The van der Waals surface area contributed by atoms with E-state index in [1.54, 1.807) is 13.2 Å². The summed E-state index contributed by atoms with van der Waals surface area (Å²) in [6.45, 7) is 4.25. The van der Waals surface area contributed by atoms with E-state index >= 15 is 0 Å². The molecule has 3 heteroatoms. The third-order valence-electron chi connectivity index (χ3n) is 2.91. The molecule has 0 saturated carbocycles. The third-order valence-corrected chi connectivity index (χ3v) is 3.12. The van der Waals surface area contributed by atoms with Gasteiger partial charge < -0.3 is 9.47 Å². The molecule has 2 rings (SSSR count). The first-order valence-electron chi connectivity index (χ1n) is 6.38. The number of benzene rings is 2. The quantitative estimate of drug-likeness (QED) is 0.720. The Hall–Kier alpha value is -1.93. The van der Waals surface area contributed by atoms with Crippen molar-refractivity contribution < 1.29 is 9.47 Å². The van der Waals surface area contributed by atoms with Crippen molar-refractivity contribution in [1.82, 2.24) is 0 Å². The van der Waals surface area contributed by atoms with Gasteiger partial charge in [-0.25, -0.2) is 0 Å². The molecule has 0 atom stereocenters. The Morgan fingerprint density at radius 3 is 2.60 bits per heavy atom. The Balaban J connectivity index is 2.26. The highest BCUT2D eigenvalue weighted by molar-refractivity contribution is 6.30. The molecular formula is C17H17ClO2. The Morgan fingerprint density at radius 1 is 1.20 bits per heavy atom. The van der Waals surface area contributed by atoms with Crippen LogP contribution in [0.5, 0.6) is 11.5 Å². The number of hydrogen-bond donors (Lipinski definition) is 0. The summed E-state index contributed by atoms with van der Waals surface area (Å²) in [5.74, 6) is 1.37. The van der Waals surface area contributed by atoms with Crippen molar-refractivity contribution in [3.05, 3.63) is 71.3 Å². The molecule has 0 spiro atoms. The summed E-state index contributed by atoms with van der Waals surface area (Å²) in [7, 11) is 1.61. The van der Waals surface area contributed by atoms with Crippen LogP contribution < -0.4 is 9.47 Å². The summed E-state index contributed by atoms with van der Waals surface area (Å²) >= 11 is 6.08. The van der Waals surface area contributed by atoms with Crippen LogP contribution in [-0.4, -0.2) is 7.11 Å². The van der Waals surface area contributed by atoms with E-state index in [1.807, 2.05) is 42.5 Å². The number of halogens is 1. The van der Waals surface area contributed by atoms with Crippen LogP contribution in [0, 0.1) is 0 Å². The Bertz CT molecular complexity index is 579. The van der Waals surface area contributed by atoms with Crippen molar-refractivity contribution in [2.75, 3.05) is 7.11 Å². The minimum atomic E-state index is 0.489. The van der Waals surface area contributed by atoms with Crippen LogP contribution in [0.1, 0.15) is 11.1 Å². The van der Waals surface area contributed by atoms with Crippen LogP contribution in [0.25, 0.3) is 0 Å². The van der Waals surface area contributed by atoms with E-state index in [0.29, 0.717) is 23.8 Å². The second kappa shape index (κ2) is 7.01. The molecule has 20 heavy (non-hydrogen) atoms. The lowest BCUT2D eigenvalue weighted by molar-refractivity contribution is 0.282. The molecule has 0 aliphatic rings. The average molecular weight is 289 g/mol. The SMILES string of the molecule is C=CCc1cc(Cl)cc(OC)c1OCc1ccccc1. The van der Waals surface area contributed by atoms with Crippen molar-refractivity contribution >= 4 is 11.6 Å². The van der Waals surface area contributed by atoms with Gasteiger partial charge in [-0.1, -0.05) is 48.0 Å². The minimum Gasteiger partial charge on any atom is -0.493 e. The van der Waals surface area contributed by atoms with E-state index in [-0.39, 0.29) is 0 Å². The van der Waals surface area contributed by atoms with Crippen LogP contribution in [-0.2, 0) is 13.0 Å². The van der Waals surface area contributed by atoms with Crippen LogP contribution in [0.2, 0.25) is 5.02 Å². The number of methoxy groups -OCH3 is 1. The Morgan fingerprint density at radius 2 is 1.95 bits per heavy atom. The van der Waals surface area contributed by atoms with Gasteiger partial charge in [-0.3, -0.25) is 0 Å². The van der Waals surface area contributed by atoms with Gasteiger partial charge in [0.2, 0.25) is 0 Å². The molecule has 0 aliphatic heterocycles. The highest BCUT2D eigenvalue weighted by Gasteiger charge is 2.12. The molecule has 0 radical (unpaired) electrons. The zero-order chi connectivity index (χ0) is 14.4. The highest BCUT2D eigenvalue weighted by atomic mass is 35.5. The van der Waals surface area contributed by atoms with Gasteiger partial charge in [0.15, 0.2) is 11.5 Å². The maximum Gasteiger partial charge on any atom is 0.165 e. The van der Waals surface area contributed by atoms with Crippen molar-refractivity contribution in [3.8, 4) is 11.5 Å². The van der Waals surface area contributed by atoms with Gasteiger partial charge >= 0.3 is 0 Å². The van der Waals surface area contributed by atoms with Gasteiger partial charge in [0.05, 0.1) is 7.11 Å². The molecule has 0 unspecified atom stereocenters. The first kappa shape index (κ1) is 14.5. The van der Waals surface area contributed by atoms with Gasteiger partial charge in [-0.15, -0.1) is 6.58 Å². The summed E-state index contributed by atoms with van der Waals surface area (Å²) in [6, 6.07) is 13.6. The molecule has 0 bridgehead atoms. The fraction of sp³-hybridized carbons (Fsp3) is 0.176. The molecule has 0 amide bonds. The second-order valence-corrected chi connectivity index (χ2v) is 4.80. The standard InChI is InChI=1S/C17H17ClO2/c1-3-7-14-10-15(18)11-16(19-2)17(14)20-12-13-8-5-4-6-9-13/h3-6,8-11H,1,7,12H2,2H3. The second-order valence-electron chi connectivity index (χ2n) is 4.36. The number of ether oxygens (including phenoxy) is 2. The molecule has 2 aromatic rings. The molecule has 0 aliphatic carbocycles. The lowest BCUT2D eigenvalue weighted by Crippen LogP contribution is -2.01. The van der Waals surface area contributed by atoms with Crippen molar-refractivity contribution in [3.63, 3.8) is 0 Å². The molecule has 0 aromatic heterocycles. The van der Waals surface area contributed by atoms with Crippen molar-refractivity contribution in [2.45, 2.75) is 13.0 Å². The molecule has 0 fully saturated rings. The summed E-state index contributed by atoms with van der Waals surface area (Å²) in [5, 5.41) is 0.630. The van der Waals surface area contributed by atoms with Crippen LogP contribution in [0.3, 0.4) is 0 Å². The molecular weight excluding hydrogens is 272 g/mol. The number of hydrogen-bond acceptors (Lipinski definition) is 2. The zero-order valence-electron chi connectivity index (χ0n) is 11.4. The summed E-state index contributed by atoms with van der Waals surface area (Å²) < 4.78 is 11.3. The lowest BCUT2D eigenvalue weighted by Gasteiger charge is -2.15. The molecule has 2 nitrogen and oxygen atoms in total. The largest absolute Gasteiger partial charge is 0.493 e. The average Bonchev–Trinajstić information content (AvgIpc) is 2.47. The van der Waals surface area contributed by atoms with Crippen LogP contribution >= 0.6 is 11.6 Å². The lowest BCUT2D eigenvalue weighted by atomic mass is 10.1. The maximum atomic E-state index is 6.08. The first-order valence-corrected chi connectivity index (χ1v) is 6.76. The topological polar surface area (TPSA) is 18.5 Å². The van der Waals surface area contributed by atoms with E-state index in [1.165, 1.54) is 0 Å². The molecule has 0 N–H and O–H groups in total. The fourth-order valence-corrected chi connectivity index (χ4v) is 2.21. The third kappa shape index (κ3) is 3.55. The number of allylic oxidation sites excluding steroid dienone is 1. The molecule has 0 saturated heterocycles. The van der Waals surface area contributed by atoms with Crippen molar-refractivity contribution in [2.24, 2.45) is 0 Å². The van der Waals surface area contributed by atoms with Crippen molar-refractivity contribution in [1.29, 1.82) is 0 Å². The predicted molar refractivity (Wildman–Crippen MR) is 82.7 cm³/mol. The van der Waals surface area contributed by atoms with Crippen LogP contribution in [0.4, 0.5) is 0 Å². The summed E-state index contributed by atoms with van der Waals surface area (Å²) in [6.07, 6.45) is 2.50. The minimum absolute atomic E-state index is 0.489. The van der Waals surface area contributed by atoms with Gasteiger partial charge in [-0.05, 0) is 18.1 Å². The highest BCUT2D eigenvalue weighted by Crippen LogP contribution is 2.35. The normalized spacial score (nSPS) is 10.1. The van der Waals surface area contributed by atoms with E-state index in [2.05, 4.69) is 6.58 Å². The van der Waals surface area contributed by atoms with Gasteiger partial charge in [-0.2, -0.15) is 0 Å². The molecule has 0 heterocycles. The molecule has 2 aromatic carbocycles. The first-order chi connectivity index (χ1) is 9.74. The van der Waals surface area contributed by atoms with Gasteiger partial charge in [0.1, 0.15) is 6.61 Å². The summed E-state index contributed by atoms with van der Waals surface area (Å²) in [4.78, 5) is 0. The Kier molecular flexibility index (Phi) is 5.08. The maximum absolute atomic E-state index is 6.08. The fourth-order valence-electron chi connectivity index (χ4n) is 1.98. The van der Waals surface area contributed by atoms with Gasteiger partial charge in [0.25, 0.3) is 0 Å². The van der Waals surface area contributed by atoms with E-state index in [9.17, 15) is 0 Å².